The average molecular weight is 308 g/mol. The molecule has 21 heavy (non-hydrogen) atoms. The minimum Gasteiger partial charge on any atom is -0.495 e. The van der Waals surface area contributed by atoms with Gasteiger partial charge in [-0.2, -0.15) is 0 Å². The van der Waals surface area contributed by atoms with Gasteiger partial charge in [0.25, 0.3) is 0 Å². The van der Waals surface area contributed by atoms with Crippen molar-refractivity contribution >= 4 is 15.6 Å². The fourth-order valence-corrected chi connectivity index (χ4v) is 3.29. The molecule has 0 amide bonds. The van der Waals surface area contributed by atoms with Crippen LogP contribution in [-0.4, -0.2) is 27.1 Å². The van der Waals surface area contributed by atoms with Crippen LogP contribution in [0.15, 0.2) is 53.4 Å². The summed E-state index contributed by atoms with van der Waals surface area (Å²) in [6, 6.07) is 11.3. The van der Waals surface area contributed by atoms with Gasteiger partial charge in [-0.05, 0) is 24.3 Å². The Labute approximate surface area is 122 Å². The van der Waals surface area contributed by atoms with Crippen molar-refractivity contribution < 1.29 is 22.3 Å². The quantitative estimate of drug-likeness (QED) is 0.796. The van der Waals surface area contributed by atoms with Crippen LogP contribution in [0.4, 0.5) is 4.39 Å². The molecule has 0 bridgehead atoms. The lowest BCUT2D eigenvalue weighted by molar-refractivity contribution is 0.101. The molecule has 0 radical (unpaired) electrons. The summed E-state index contributed by atoms with van der Waals surface area (Å²) in [5, 5.41) is 0. The van der Waals surface area contributed by atoms with Crippen LogP contribution in [0.1, 0.15) is 10.4 Å². The molecule has 0 N–H and O–H groups in total. The molecular weight excluding hydrogens is 295 g/mol. The molecule has 2 aromatic rings. The molecule has 6 heteroatoms. The predicted octanol–water partition coefficient (Wildman–Crippen LogP) is 2.49. The van der Waals surface area contributed by atoms with E-state index in [9.17, 15) is 17.6 Å². The number of Topliss-reactive ketones (excluding diaryl/α,β-unsaturated/α-hetero) is 1. The van der Waals surface area contributed by atoms with E-state index >= 15 is 0 Å². The maximum atomic E-state index is 13.5. The molecule has 0 heterocycles. The standard InChI is InChI=1S/C15H13FO4S/c1-20-14-8-4-5-9-15(14)21(18,19)10-13(17)11-6-2-3-7-12(11)16/h2-9H,10H2,1H3. The van der Waals surface area contributed by atoms with Crippen molar-refractivity contribution in [3.63, 3.8) is 0 Å². The van der Waals surface area contributed by atoms with Crippen molar-refractivity contribution in [2.45, 2.75) is 4.90 Å². The van der Waals surface area contributed by atoms with E-state index in [0.717, 1.165) is 6.07 Å². The van der Waals surface area contributed by atoms with Gasteiger partial charge in [-0.3, -0.25) is 4.79 Å². The molecule has 0 aliphatic rings. The Morgan fingerprint density at radius 1 is 1.10 bits per heavy atom. The first-order valence-electron chi connectivity index (χ1n) is 6.09. The second kappa shape index (κ2) is 6.05. The normalized spacial score (nSPS) is 11.1. The third-order valence-corrected chi connectivity index (χ3v) is 4.55. The summed E-state index contributed by atoms with van der Waals surface area (Å²) in [7, 11) is -2.57. The number of hydrogen-bond donors (Lipinski definition) is 0. The van der Waals surface area contributed by atoms with Crippen LogP contribution in [0.25, 0.3) is 0 Å². The van der Waals surface area contributed by atoms with Gasteiger partial charge in [0.1, 0.15) is 22.2 Å². The third kappa shape index (κ3) is 3.28. The molecule has 0 fully saturated rings. The Morgan fingerprint density at radius 2 is 1.71 bits per heavy atom. The second-order valence-electron chi connectivity index (χ2n) is 4.31. The maximum Gasteiger partial charge on any atom is 0.189 e. The Morgan fingerprint density at radius 3 is 2.38 bits per heavy atom. The van der Waals surface area contributed by atoms with Crippen LogP contribution < -0.4 is 4.74 Å². The zero-order chi connectivity index (χ0) is 15.5. The Balaban J connectivity index is 2.34. The molecule has 0 aromatic heterocycles. The van der Waals surface area contributed by atoms with Gasteiger partial charge in [-0.15, -0.1) is 0 Å². The van der Waals surface area contributed by atoms with Crippen LogP contribution in [-0.2, 0) is 9.84 Å². The lowest BCUT2D eigenvalue weighted by Crippen LogP contribution is -2.18. The number of sulfone groups is 1. The largest absolute Gasteiger partial charge is 0.495 e. The highest BCUT2D eigenvalue weighted by molar-refractivity contribution is 7.92. The number of carbonyl (C=O) groups excluding carboxylic acids is 1. The predicted molar refractivity (Wildman–Crippen MR) is 75.8 cm³/mol. The van der Waals surface area contributed by atoms with Crippen LogP contribution in [0.3, 0.4) is 0 Å². The summed E-state index contributed by atoms with van der Waals surface area (Å²) in [4.78, 5) is 11.9. The SMILES string of the molecule is COc1ccccc1S(=O)(=O)CC(=O)c1ccccc1F. The van der Waals surface area contributed by atoms with Gasteiger partial charge in [0.05, 0.1) is 12.7 Å². The summed E-state index contributed by atoms with van der Waals surface area (Å²) in [5.41, 5.74) is -0.240. The van der Waals surface area contributed by atoms with Gasteiger partial charge < -0.3 is 4.74 Å². The van der Waals surface area contributed by atoms with E-state index in [0.29, 0.717) is 0 Å². The molecule has 110 valence electrons. The van der Waals surface area contributed by atoms with Crippen molar-refractivity contribution in [1.82, 2.24) is 0 Å². The zero-order valence-electron chi connectivity index (χ0n) is 11.2. The molecule has 0 saturated carbocycles. The topological polar surface area (TPSA) is 60.4 Å². The summed E-state index contributed by atoms with van der Waals surface area (Å²) < 4.78 is 43.1. The van der Waals surface area contributed by atoms with Gasteiger partial charge in [0.2, 0.25) is 0 Å². The van der Waals surface area contributed by atoms with Crippen LogP contribution in [0, 0.1) is 5.82 Å². The highest BCUT2D eigenvalue weighted by Crippen LogP contribution is 2.24. The maximum absolute atomic E-state index is 13.5. The molecular formula is C15H13FO4S. The van der Waals surface area contributed by atoms with Crippen LogP contribution in [0.5, 0.6) is 5.75 Å². The molecule has 0 saturated heterocycles. The average Bonchev–Trinajstić information content (AvgIpc) is 2.47. The molecule has 2 rings (SSSR count). The monoisotopic (exact) mass is 308 g/mol. The minimum absolute atomic E-state index is 0.0859. The van der Waals surface area contributed by atoms with Crippen molar-refractivity contribution in [1.29, 1.82) is 0 Å². The van der Waals surface area contributed by atoms with E-state index < -0.39 is 27.2 Å². The lowest BCUT2D eigenvalue weighted by atomic mass is 10.1. The number of halogens is 1. The lowest BCUT2D eigenvalue weighted by Gasteiger charge is -2.09. The Kier molecular flexibility index (Phi) is 4.37. The first-order chi connectivity index (χ1) is 9.95. The number of methoxy groups -OCH3 is 1. The number of benzene rings is 2. The van der Waals surface area contributed by atoms with Gasteiger partial charge in [0, 0.05) is 0 Å². The number of ether oxygens (including phenoxy) is 1. The Bertz CT molecular complexity index is 769. The van der Waals surface area contributed by atoms with Crippen molar-refractivity contribution in [3.05, 3.63) is 59.9 Å². The molecule has 0 aliphatic carbocycles. The summed E-state index contributed by atoms with van der Waals surface area (Å²) in [6.07, 6.45) is 0. The number of carbonyl (C=O) groups is 1. The minimum atomic E-state index is -3.91. The number of ketones is 1. The zero-order valence-corrected chi connectivity index (χ0v) is 12.1. The molecule has 0 aliphatic heterocycles. The van der Waals surface area contributed by atoms with E-state index in [4.69, 9.17) is 4.74 Å². The van der Waals surface area contributed by atoms with E-state index in [-0.39, 0.29) is 16.2 Å². The van der Waals surface area contributed by atoms with Gasteiger partial charge in [-0.25, -0.2) is 12.8 Å². The first-order valence-corrected chi connectivity index (χ1v) is 7.74. The third-order valence-electron chi connectivity index (χ3n) is 2.90. The van der Waals surface area contributed by atoms with E-state index in [1.165, 1.54) is 43.5 Å². The van der Waals surface area contributed by atoms with Gasteiger partial charge in [-0.1, -0.05) is 24.3 Å². The van der Waals surface area contributed by atoms with E-state index in [2.05, 4.69) is 0 Å². The van der Waals surface area contributed by atoms with Crippen molar-refractivity contribution in [3.8, 4) is 5.75 Å². The molecule has 2 aromatic carbocycles. The number of rotatable bonds is 5. The summed E-state index contributed by atoms with van der Waals surface area (Å²) in [5.74, 6) is -2.19. The van der Waals surface area contributed by atoms with Gasteiger partial charge >= 0.3 is 0 Å². The molecule has 4 nitrogen and oxygen atoms in total. The molecule has 0 atom stereocenters. The van der Waals surface area contributed by atoms with Crippen LogP contribution in [0.2, 0.25) is 0 Å². The van der Waals surface area contributed by atoms with E-state index in [1.54, 1.807) is 6.07 Å². The number of hydrogen-bond acceptors (Lipinski definition) is 4. The van der Waals surface area contributed by atoms with Crippen molar-refractivity contribution in [2.75, 3.05) is 12.9 Å². The second-order valence-corrected chi connectivity index (χ2v) is 6.27. The fourth-order valence-electron chi connectivity index (χ4n) is 1.89. The van der Waals surface area contributed by atoms with Gasteiger partial charge in [0.15, 0.2) is 15.6 Å². The summed E-state index contributed by atoms with van der Waals surface area (Å²) >= 11 is 0. The van der Waals surface area contributed by atoms with Crippen molar-refractivity contribution in [2.24, 2.45) is 0 Å². The van der Waals surface area contributed by atoms with Crippen LogP contribution >= 0.6 is 0 Å². The highest BCUT2D eigenvalue weighted by Gasteiger charge is 2.24. The highest BCUT2D eigenvalue weighted by atomic mass is 32.2. The fraction of sp³-hybridized carbons (Fsp3) is 0.133. The van der Waals surface area contributed by atoms with E-state index in [1.807, 2.05) is 0 Å². The molecule has 0 unspecified atom stereocenters. The Hall–Kier alpha value is -2.21. The smallest absolute Gasteiger partial charge is 0.189 e. The summed E-state index contributed by atoms with van der Waals surface area (Å²) in [6.45, 7) is 0. The molecule has 0 spiro atoms. The first kappa shape index (κ1) is 15.2. The number of para-hydroxylation sites is 1.